The summed E-state index contributed by atoms with van der Waals surface area (Å²) < 4.78 is -0.749. The van der Waals surface area contributed by atoms with Crippen LogP contribution in [-0.4, -0.2) is 30.4 Å². The van der Waals surface area contributed by atoms with Crippen molar-refractivity contribution in [1.82, 2.24) is 9.96 Å². The standard InChI is InChI=1S/C11H9N3O4/c12-7-8-1-3-9(4-2-8)14(18-11(16)17)6-5-13-10(14)15/h1-4H,5-6H2,(H-,13,15,16,17)/p+1. The van der Waals surface area contributed by atoms with Crippen LogP contribution in [-0.2, 0) is 4.84 Å². The lowest BCUT2D eigenvalue weighted by atomic mass is 10.2. The summed E-state index contributed by atoms with van der Waals surface area (Å²) in [5.74, 6) is 0. The number of carbonyl (C=O) groups is 2. The summed E-state index contributed by atoms with van der Waals surface area (Å²) in [6.45, 7) is 0.503. The normalized spacial score (nSPS) is 22.1. The van der Waals surface area contributed by atoms with E-state index in [1.165, 1.54) is 24.3 Å². The average molecular weight is 248 g/mol. The lowest BCUT2D eigenvalue weighted by molar-refractivity contribution is -0.0608. The Morgan fingerprint density at radius 3 is 2.56 bits per heavy atom. The van der Waals surface area contributed by atoms with Crippen LogP contribution in [0.1, 0.15) is 5.56 Å². The maximum atomic E-state index is 11.8. The number of hydroxylamine groups is 2. The first-order valence-corrected chi connectivity index (χ1v) is 5.18. The number of quaternary nitrogens is 1. The number of carboxylic acid groups (broad SMARTS) is 1. The van der Waals surface area contributed by atoms with Crippen molar-refractivity contribution in [2.75, 3.05) is 13.1 Å². The van der Waals surface area contributed by atoms with Crippen molar-refractivity contribution in [3.63, 3.8) is 0 Å². The third kappa shape index (κ3) is 1.85. The number of benzene rings is 1. The van der Waals surface area contributed by atoms with E-state index in [1.54, 1.807) is 0 Å². The quantitative estimate of drug-likeness (QED) is 0.766. The fourth-order valence-electron chi connectivity index (χ4n) is 1.85. The van der Waals surface area contributed by atoms with Crippen LogP contribution in [0.25, 0.3) is 0 Å². The minimum atomic E-state index is -1.53. The minimum Gasteiger partial charge on any atom is -0.446 e. The van der Waals surface area contributed by atoms with E-state index in [9.17, 15) is 9.59 Å². The van der Waals surface area contributed by atoms with E-state index in [1.807, 2.05) is 6.07 Å². The number of nitrogens with one attached hydrogen (secondary N) is 1. The van der Waals surface area contributed by atoms with Gasteiger partial charge < -0.3 is 5.11 Å². The lowest BCUT2D eigenvalue weighted by Crippen LogP contribution is -2.52. The van der Waals surface area contributed by atoms with Crippen LogP contribution < -0.4 is 9.96 Å². The molecule has 2 amide bonds. The highest BCUT2D eigenvalue weighted by atomic mass is 16.8. The number of hydrogen-bond acceptors (Lipinski definition) is 4. The molecule has 0 aliphatic carbocycles. The van der Waals surface area contributed by atoms with Gasteiger partial charge >= 0.3 is 12.2 Å². The average Bonchev–Trinajstić information content (AvgIpc) is 2.71. The van der Waals surface area contributed by atoms with Crippen LogP contribution in [0.15, 0.2) is 24.3 Å². The monoisotopic (exact) mass is 248 g/mol. The van der Waals surface area contributed by atoms with Crippen LogP contribution in [0.4, 0.5) is 15.3 Å². The van der Waals surface area contributed by atoms with E-state index in [0.717, 1.165) is 0 Å². The van der Waals surface area contributed by atoms with E-state index < -0.39 is 16.8 Å². The van der Waals surface area contributed by atoms with E-state index in [2.05, 4.69) is 5.32 Å². The Balaban J connectivity index is 2.43. The van der Waals surface area contributed by atoms with Gasteiger partial charge in [-0.3, -0.25) is 5.32 Å². The number of rotatable bonds is 2. The van der Waals surface area contributed by atoms with Gasteiger partial charge in [-0.15, -0.1) is 0 Å². The second-order valence-electron chi connectivity index (χ2n) is 3.71. The molecule has 1 fully saturated rings. The first kappa shape index (κ1) is 11.9. The first-order chi connectivity index (χ1) is 8.58. The van der Waals surface area contributed by atoms with E-state index in [-0.39, 0.29) is 6.54 Å². The number of urea groups is 1. The highest BCUT2D eigenvalue weighted by molar-refractivity contribution is 5.88. The number of nitrogens with zero attached hydrogens (tertiary/aromatic N) is 2. The molecule has 1 aliphatic heterocycles. The molecule has 1 heterocycles. The van der Waals surface area contributed by atoms with Crippen LogP contribution in [0.5, 0.6) is 0 Å². The van der Waals surface area contributed by atoms with Gasteiger partial charge in [-0.1, -0.05) is 0 Å². The van der Waals surface area contributed by atoms with Gasteiger partial charge in [0.05, 0.1) is 18.2 Å². The van der Waals surface area contributed by atoms with E-state index >= 15 is 0 Å². The van der Waals surface area contributed by atoms with Gasteiger partial charge in [0.15, 0.2) is 12.2 Å². The smallest absolute Gasteiger partial charge is 0.446 e. The van der Waals surface area contributed by atoms with Crippen LogP contribution in [0, 0.1) is 11.3 Å². The lowest BCUT2D eigenvalue weighted by Gasteiger charge is -2.23. The second-order valence-corrected chi connectivity index (χ2v) is 3.71. The summed E-state index contributed by atoms with van der Waals surface area (Å²) in [5.41, 5.74) is 0.790. The zero-order valence-corrected chi connectivity index (χ0v) is 9.29. The number of hydrogen-bond donors (Lipinski definition) is 2. The largest absolute Gasteiger partial charge is 0.558 e. The Bertz CT molecular complexity index is 534. The fourth-order valence-corrected chi connectivity index (χ4v) is 1.85. The van der Waals surface area contributed by atoms with Crippen LogP contribution in [0.2, 0.25) is 0 Å². The van der Waals surface area contributed by atoms with Gasteiger partial charge in [-0.05, 0) is 16.8 Å². The Hall–Kier alpha value is -2.59. The molecule has 0 bridgehead atoms. The summed E-state index contributed by atoms with van der Waals surface area (Å²) in [4.78, 5) is 27.3. The van der Waals surface area contributed by atoms with Crippen molar-refractivity contribution in [2.45, 2.75) is 0 Å². The highest BCUT2D eigenvalue weighted by Crippen LogP contribution is 2.27. The van der Waals surface area contributed by atoms with Crippen LogP contribution in [0.3, 0.4) is 0 Å². The maximum absolute atomic E-state index is 11.8. The summed E-state index contributed by atoms with van der Waals surface area (Å²) in [5, 5.41) is 20.0. The molecular weight excluding hydrogens is 238 g/mol. The number of carbonyl (C=O) groups excluding carboxylic acids is 1. The molecule has 1 saturated heterocycles. The molecule has 7 heteroatoms. The van der Waals surface area contributed by atoms with Crippen molar-refractivity contribution in [2.24, 2.45) is 0 Å². The Labute approximate surface area is 102 Å². The van der Waals surface area contributed by atoms with Crippen molar-refractivity contribution >= 4 is 17.9 Å². The summed E-state index contributed by atoms with van der Waals surface area (Å²) in [7, 11) is 0. The molecule has 0 radical (unpaired) electrons. The predicted molar refractivity (Wildman–Crippen MR) is 60.3 cm³/mol. The Morgan fingerprint density at radius 1 is 1.44 bits per heavy atom. The van der Waals surface area contributed by atoms with Gasteiger partial charge in [-0.25, -0.2) is 9.63 Å². The van der Waals surface area contributed by atoms with Crippen molar-refractivity contribution in [3.8, 4) is 6.07 Å². The zero-order valence-electron chi connectivity index (χ0n) is 9.29. The number of amides is 2. The zero-order chi connectivity index (χ0) is 13.2. The summed E-state index contributed by atoms with van der Waals surface area (Å²) in [6.07, 6.45) is -1.53. The molecular formula is C11H10N3O4+. The molecule has 92 valence electrons. The van der Waals surface area contributed by atoms with Gasteiger partial charge in [0, 0.05) is 12.1 Å². The van der Waals surface area contributed by atoms with E-state index in [0.29, 0.717) is 17.8 Å². The molecule has 18 heavy (non-hydrogen) atoms. The van der Waals surface area contributed by atoms with Crippen molar-refractivity contribution in [3.05, 3.63) is 29.8 Å². The third-order valence-corrected chi connectivity index (χ3v) is 2.68. The van der Waals surface area contributed by atoms with Crippen molar-refractivity contribution < 1.29 is 19.5 Å². The molecule has 0 saturated carbocycles. The SMILES string of the molecule is N#Cc1ccc([N+]2(OC(=O)O)CCNC2=O)cc1. The molecule has 1 aromatic rings. The summed E-state index contributed by atoms with van der Waals surface area (Å²) >= 11 is 0. The van der Waals surface area contributed by atoms with Gasteiger partial charge in [0.1, 0.15) is 0 Å². The molecule has 1 unspecified atom stereocenters. The number of nitriles is 1. The Morgan fingerprint density at radius 2 is 2.11 bits per heavy atom. The minimum absolute atomic E-state index is 0.178. The first-order valence-electron chi connectivity index (χ1n) is 5.18. The summed E-state index contributed by atoms with van der Waals surface area (Å²) in [6, 6.07) is 7.43. The predicted octanol–water partition coefficient (Wildman–Crippen LogP) is 1.20. The fraction of sp³-hybridized carbons (Fsp3) is 0.182. The van der Waals surface area contributed by atoms with Crippen molar-refractivity contribution in [1.29, 1.82) is 5.26 Å². The molecule has 1 aromatic carbocycles. The maximum Gasteiger partial charge on any atom is 0.558 e. The molecule has 1 atom stereocenters. The van der Waals surface area contributed by atoms with Gasteiger partial charge in [-0.2, -0.15) is 10.1 Å². The van der Waals surface area contributed by atoms with Crippen LogP contribution >= 0.6 is 0 Å². The molecule has 2 N–H and O–H groups in total. The van der Waals surface area contributed by atoms with E-state index in [4.69, 9.17) is 15.2 Å². The Kier molecular flexibility index (Phi) is 2.87. The third-order valence-electron chi connectivity index (χ3n) is 2.68. The molecule has 0 aromatic heterocycles. The van der Waals surface area contributed by atoms with Gasteiger partial charge in [0.2, 0.25) is 0 Å². The van der Waals surface area contributed by atoms with Gasteiger partial charge in [0.25, 0.3) is 0 Å². The molecule has 0 spiro atoms. The second kappa shape index (κ2) is 4.35. The molecule has 1 aliphatic rings. The molecule has 2 rings (SSSR count). The topological polar surface area (TPSA) is 99.4 Å². The molecule has 7 nitrogen and oxygen atoms in total. The highest BCUT2D eigenvalue weighted by Gasteiger charge is 2.49.